The molecule has 8 heteroatoms. The van der Waals surface area contributed by atoms with E-state index in [0.717, 1.165) is 15.6 Å². The highest BCUT2D eigenvalue weighted by Crippen LogP contribution is 2.37. The molecule has 1 N–H and O–H groups in total. The molecule has 1 amide bonds. The van der Waals surface area contributed by atoms with Crippen LogP contribution >= 0.6 is 38.9 Å². The zero-order valence-electron chi connectivity index (χ0n) is 19.6. The minimum atomic E-state index is -0.501. The number of nitrogens with one attached hydrogen (secondary N) is 1. The molecule has 2 aromatic heterocycles. The number of carbonyl (C=O) groups is 2. The molecular weight excluding hydrogens is 572 g/mol. The number of thiophene rings is 1. The van der Waals surface area contributed by atoms with E-state index >= 15 is 0 Å². The number of aromatic nitrogens is 1. The number of carbonyl (C=O) groups excluding carboxylic acids is 2. The Kier molecular flexibility index (Phi) is 7.37. The third kappa shape index (κ3) is 5.30. The first-order valence-electron chi connectivity index (χ1n) is 11.5. The molecule has 0 saturated carbocycles. The van der Waals surface area contributed by atoms with Gasteiger partial charge in [-0.25, -0.2) is 9.78 Å². The van der Waals surface area contributed by atoms with Crippen molar-refractivity contribution >= 4 is 66.6 Å². The van der Waals surface area contributed by atoms with Crippen molar-refractivity contribution in [2.24, 2.45) is 0 Å². The summed E-state index contributed by atoms with van der Waals surface area (Å²) in [6.07, 6.45) is 0. The van der Waals surface area contributed by atoms with Crippen LogP contribution in [0.4, 0.5) is 5.00 Å². The quantitative estimate of drug-likeness (QED) is 0.201. The molecule has 5 aromatic rings. The number of hydrogen-bond acceptors (Lipinski definition) is 5. The highest BCUT2D eigenvalue weighted by molar-refractivity contribution is 9.10. The monoisotopic (exact) mass is 590 g/mol. The van der Waals surface area contributed by atoms with Crippen molar-refractivity contribution in [3.05, 3.63) is 105 Å². The maximum Gasteiger partial charge on any atom is 0.341 e. The van der Waals surface area contributed by atoms with Crippen LogP contribution in [0.5, 0.6) is 0 Å². The topological polar surface area (TPSA) is 68.3 Å². The van der Waals surface area contributed by atoms with Crippen LogP contribution in [0.1, 0.15) is 27.6 Å². The van der Waals surface area contributed by atoms with Crippen molar-refractivity contribution in [2.45, 2.75) is 6.92 Å². The number of fused-ring (bicyclic) bond motifs is 1. The molecule has 5 rings (SSSR count). The number of ether oxygens (including phenoxy) is 1. The first kappa shape index (κ1) is 25.1. The molecule has 0 unspecified atom stereocenters. The van der Waals surface area contributed by atoms with Gasteiger partial charge in [0, 0.05) is 31.4 Å². The number of benzene rings is 3. The Hall–Kier alpha value is -3.52. The Balaban J connectivity index is 1.58. The van der Waals surface area contributed by atoms with Crippen LogP contribution in [0, 0.1) is 0 Å². The SMILES string of the molecule is CCOC(=O)c1c(-c2ccc(Cl)cc2)csc1NC(=O)c1cc(-c2cccc(Br)c2)nc2ccccc12. The van der Waals surface area contributed by atoms with Gasteiger partial charge in [0.05, 0.1) is 23.4 Å². The second-order valence-corrected chi connectivity index (χ2v) is 10.3. The maximum atomic E-state index is 13.7. The van der Waals surface area contributed by atoms with E-state index in [0.29, 0.717) is 43.3 Å². The third-order valence-corrected chi connectivity index (χ3v) is 7.37. The number of rotatable bonds is 6. The third-order valence-electron chi connectivity index (χ3n) is 5.73. The van der Waals surface area contributed by atoms with Gasteiger partial charge in [0.2, 0.25) is 0 Å². The van der Waals surface area contributed by atoms with Crippen molar-refractivity contribution in [2.75, 3.05) is 11.9 Å². The summed E-state index contributed by atoms with van der Waals surface area (Å²) < 4.78 is 6.25. The zero-order valence-corrected chi connectivity index (χ0v) is 22.8. The summed E-state index contributed by atoms with van der Waals surface area (Å²) in [5.41, 5.74) is 4.49. The van der Waals surface area contributed by atoms with Gasteiger partial charge < -0.3 is 10.1 Å². The van der Waals surface area contributed by atoms with E-state index in [1.54, 1.807) is 25.1 Å². The molecule has 0 saturated heterocycles. The second kappa shape index (κ2) is 10.8. The average molecular weight is 592 g/mol. The fraction of sp³-hybridized carbons (Fsp3) is 0.0690. The summed E-state index contributed by atoms with van der Waals surface area (Å²) in [5.74, 6) is -0.844. The van der Waals surface area contributed by atoms with Crippen LogP contribution in [0.15, 0.2) is 88.7 Å². The molecule has 0 aliphatic rings. The number of anilines is 1. The molecule has 184 valence electrons. The molecule has 0 atom stereocenters. The van der Waals surface area contributed by atoms with Crippen LogP contribution in [-0.4, -0.2) is 23.5 Å². The predicted octanol–water partition coefficient (Wildman–Crippen LogP) is 8.48. The van der Waals surface area contributed by atoms with Gasteiger partial charge in [0.1, 0.15) is 10.6 Å². The lowest BCUT2D eigenvalue weighted by Crippen LogP contribution is -2.15. The second-order valence-electron chi connectivity index (χ2n) is 8.12. The first-order valence-corrected chi connectivity index (χ1v) is 13.5. The highest BCUT2D eigenvalue weighted by atomic mass is 79.9. The number of nitrogens with zero attached hydrogens (tertiary/aromatic N) is 1. The van der Waals surface area contributed by atoms with Crippen LogP contribution < -0.4 is 5.32 Å². The Morgan fingerprint density at radius 3 is 2.54 bits per heavy atom. The Morgan fingerprint density at radius 2 is 1.78 bits per heavy atom. The Labute approximate surface area is 231 Å². The highest BCUT2D eigenvalue weighted by Gasteiger charge is 2.24. The number of hydrogen-bond donors (Lipinski definition) is 1. The minimum absolute atomic E-state index is 0.215. The van der Waals surface area contributed by atoms with E-state index in [4.69, 9.17) is 21.3 Å². The number of halogens is 2. The molecule has 0 radical (unpaired) electrons. The van der Waals surface area contributed by atoms with Crippen LogP contribution in [0.25, 0.3) is 33.3 Å². The van der Waals surface area contributed by atoms with Gasteiger partial charge in [0.25, 0.3) is 5.91 Å². The summed E-state index contributed by atoms with van der Waals surface area (Å²) in [5, 5.41) is 6.52. The molecule has 0 aliphatic heterocycles. The smallest absolute Gasteiger partial charge is 0.341 e. The summed E-state index contributed by atoms with van der Waals surface area (Å²) in [6.45, 7) is 1.96. The molecule has 37 heavy (non-hydrogen) atoms. The molecule has 2 heterocycles. The normalized spacial score (nSPS) is 10.9. The number of esters is 1. The van der Waals surface area contributed by atoms with Gasteiger partial charge in [-0.2, -0.15) is 0 Å². The van der Waals surface area contributed by atoms with Gasteiger partial charge in [-0.3, -0.25) is 4.79 Å². The van der Waals surface area contributed by atoms with Crippen LogP contribution in [0.2, 0.25) is 5.02 Å². The van der Waals surface area contributed by atoms with Gasteiger partial charge in [-0.15, -0.1) is 11.3 Å². The average Bonchev–Trinajstić information content (AvgIpc) is 3.32. The predicted molar refractivity (Wildman–Crippen MR) is 154 cm³/mol. The van der Waals surface area contributed by atoms with E-state index in [1.165, 1.54) is 11.3 Å². The number of amides is 1. The number of pyridine rings is 1. The molecule has 0 aliphatic carbocycles. The van der Waals surface area contributed by atoms with E-state index < -0.39 is 5.97 Å². The van der Waals surface area contributed by atoms with Gasteiger partial charge in [-0.1, -0.05) is 70.0 Å². The van der Waals surface area contributed by atoms with Crippen molar-refractivity contribution in [3.63, 3.8) is 0 Å². The number of para-hydroxylation sites is 1. The Bertz CT molecular complexity index is 1630. The Morgan fingerprint density at radius 1 is 1.00 bits per heavy atom. The molecule has 0 spiro atoms. The largest absolute Gasteiger partial charge is 0.462 e. The fourth-order valence-electron chi connectivity index (χ4n) is 4.03. The van der Waals surface area contributed by atoms with E-state index in [9.17, 15) is 9.59 Å². The van der Waals surface area contributed by atoms with Crippen molar-refractivity contribution in [3.8, 4) is 22.4 Å². The van der Waals surface area contributed by atoms with Crippen molar-refractivity contribution in [1.29, 1.82) is 0 Å². The van der Waals surface area contributed by atoms with E-state index in [1.807, 2.05) is 66.0 Å². The zero-order chi connectivity index (χ0) is 25.9. The maximum absolute atomic E-state index is 13.7. The molecule has 0 bridgehead atoms. The lowest BCUT2D eigenvalue weighted by Gasteiger charge is -2.12. The molecule has 0 fully saturated rings. The van der Waals surface area contributed by atoms with Gasteiger partial charge >= 0.3 is 5.97 Å². The molecule has 5 nitrogen and oxygen atoms in total. The van der Waals surface area contributed by atoms with Crippen molar-refractivity contribution in [1.82, 2.24) is 4.98 Å². The van der Waals surface area contributed by atoms with E-state index in [-0.39, 0.29) is 12.5 Å². The molecular formula is C29H20BrClN2O3S. The summed E-state index contributed by atoms with van der Waals surface area (Å²) in [4.78, 5) is 31.4. The summed E-state index contributed by atoms with van der Waals surface area (Å²) in [7, 11) is 0. The van der Waals surface area contributed by atoms with Crippen LogP contribution in [-0.2, 0) is 4.74 Å². The van der Waals surface area contributed by atoms with Crippen LogP contribution in [0.3, 0.4) is 0 Å². The standard InChI is InChI=1S/C29H20BrClN2O3S/c1-2-36-29(35)26-23(17-10-12-20(31)13-11-17)16-37-28(26)33-27(34)22-15-25(18-6-5-7-19(30)14-18)32-24-9-4-3-8-21(22)24/h3-16H,2H2,1H3,(H,33,34). The summed E-state index contributed by atoms with van der Waals surface area (Å²) in [6, 6.07) is 24.2. The van der Waals surface area contributed by atoms with Gasteiger partial charge in [0.15, 0.2) is 0 Å². The lowest BCUT2D eigenvalue weighted by molar-refractivity contribution is 0.0529. The minimum Gasteiger partial charge on any atom is -0.462 e. The first-order chi connectivity index (χ1) is 17.9. The van der Waals surface area contributed by atoms with E-state index in [2.05, 4.69) is 21.2 Å². The molecule has 3 aromatic carbocycles. The fourth-order valence-corrected chi connectivity index (χ4v) is 5.50. The lowest BCUT2D eigenvalue weighted by atomic mass is 10.0. The summed E-state index contributed by atoms with van der Waals surface area (Å²) >= 11 is 10.8. The van der Waals surface area contributed by atoms with Gasteiger partial charge in [-0.05, 0) is 48.9 Å². The van der Waals surface area contributed by atoms with Crippen molar-refractivity contribution < 1.29 is 14.3 Å².